The largest absolute Gasteiger partial charge is 0.480 e. The summed E-state index contributed by atoms with van der Waals surface area (Å²) in [6.07, 6.45) is 0. The predicted octanol–water partition coefficient (Wildman–Crippen LogP) is -1.65. The molecular formula is C6H8N2O3. The molecule has 1 fully saturated rings. The molecule has 1 heterocycles. The van der Waals surface area contributed by atoms with Crippen molar-refractivity contribution in [2.75, 3.05) is 13.1 Å². The number of carbonyl (C=O) groups excluding carboxylic acids is 1. The van der Waals surface area contributed by atoms with Gasteiger partial charge in [0.15, 0.2) is 0 Å². The Labute approximate surface area is 63.1 Å². The predicted molar refractivity (Wildman–Crippen MR) is 36.6 cm³/mol. The minimum atomic E-state index is -0.914. The highest BCUT2D eigenvalue weighted by molar-refractivity contribution is 5.74. The first kappa shape index (κ1) is 7.78. The van der Waals surface area contributed by atoms with E-state index in [4.69, 9.17) is 5.11 Å². The molecule has 1 aliphatic rings. The number of carboxylic acid groups (broad SMARTS) is 1. The second-order valence-corrected chi connectivity index (χ2v) is 2.23. The highest BCUT2D eigenvalue weighted by atomic mass is 16.4. The van der Waals surface area contributed by atoms with Crippen LogP contribution in [0.1, 0.15) is 0 Å². The molecule has 0 spiro atoms. The number of hydrogen-bond acceptors (Lipinski definition) is 4. The topological polar surface area (TPSA) is 78.4 Å². The van der Waals surface area contributed by atoms with Crippen LogP contribution in [0.25, 0.3) is 0 Å². The normalized spacial score (nSPS) is 23.6. The van der Waals surface area contributed by atoms with E-state index in [1.165, 1.54) is 0 Å². The molecule has 0 radical (unpaired) electrons. The van der Waals surface area contributed by atoms with Gasteiger partial charge in [-0.1, -0.05) is 0 Å². The Hall–Kier alpha value is -1.32. The van der Waals surface area contributed by atoms with E-state index in [-0.39, 0.29) is 13.1 Å². The number of aliphatic carboxylic acids is 1. The lowest BCUT2D eigenvalue weighted by Crippen LogP contribution is -2.51. The fourth-order valence-corrected chi connectivity index (χ4v) is 0.832. The first-order chi connectivity index (χ1) is 5.24. The number of carbonyl (C=O) groups is 1. The number of hydrogen-bond donors (Lipinski definition) is 3. The summed E-state index contributed by atoms with van der Waals surface area (Å²) in [5.74, 6) is 0.749. The maximum absolute atomic E-state index is 10.3. The zero-order valence-electron chi connectivity index (χ0n) is 5.76. The van der Waals surface area contributed by atoms with Gasteiger partial charge >= 0.3 is 5.97 Å². The maximum Gasteiger partial charge on any atom is 0.322 e. The Morgan fingerprint density at radius 2 is 2.45 bits per heavy atom. The highest BCUT2D eigenvalue weighted by Gasteiger charge is 2.21. The molecule has 1 aliphatic heterocycles. The summed E-state index contributed by atoms with van der Waals surface area (Å²) in [6, 6.07) is -0.605. The molecule has 0 aromatic heterocycles. The molecule has 0 aliphatic carbocycles. The van der Waals surface area contributed by atoms with E-state index in [0.717, 1.165) is 0 Å². The van der Waals surface area contributed by atoms with Crippen molar-refractivity contribution in [3.05, 3.63) is 5.70 Å². The van der Waals surface area contributed by atoms with Crippen LogP contribution in [0.4, 0.5) is 0 Å². The van der Waals surface area contributed by atoms with E-state index in [9.17, 15) is 9.59 Å². The average molecular weight is 156 g/mol. The summed E-state index contributed by atoms with van der Waals surface area (Å²) in [6.45, 7) is 0.486. The fraction of sp³-hybridized carbons (Fsp3) is 0.500. The van der Waals surface area contributed by atoms with Gasteiger partial charge in [-0.3, -0.25) is 10.1 Å². The Kier molecular flexibility index (Phi) is 2.25. The van der Waals surface area contributed by atoms with Gasteiger partial charge in [-0.25, -0.2) is 4.79 Å². The Morgan fingerprint density at radius 1 is 1.73 bits per heavy atom. The Bertz CT molecular complexity index is 210. The van der Waals surface area contributed by atoms with E-state index in [2.05, 4.69) is 10.6 Å². The molecule has 5 heteroatoms. The molecule has 5 nitrogen and oxygen atoms in total. The Balaban J connectivity index is 2.48. The maximum atomic E-state index is 10.3. The van der Waals surface area contributed by atoms with Gasteiger partial charge in [0, 0.05) is 13.1 Å². The SMILES string of the molecule is O=C=C1CNC(C(=O)O)CN1. The molecule has 11 heavy (non-hydrogen) atoms. The van der Waals surface area contributed by atoms with Crippen molar-refractivity contribution < 1.29 is 14.7 Å². The molecule has 0 aromatic carbocycles. The van der Waals surface area contributed by atoms with Crippen LogP contribution in [0.15, 0.2) is 5.70 Å². The summed E-state index contributed by atoms with van der Waals surface area (Å²) >= 11 is 0. The van der Waals surface area contributed by atoms with Gasteiger partial charge in [0.05, 0.1) is 0 Å². The van der Waals surface area contributed by atoms with Gasteiger partial charge in [-0.2, -0.15) is 0 Å². The second kappa shape index (κ2) is 3.18. The molecular weight excluding hydrogens is 148 g/mol. The molecule has 1 unspecified atom stereocenters. The molecule has 3 N–H and O–H groups in total. The molecule has 1 atom stereocenters. The third kappa shape index (κ3) is 1.80. The third-order valence-corrected chi connectivity index (χ3v) is 1.47. The lowest BCUT2D eigenvalue weighted by Gasteiger charge is -2.21. The van der Waals surface area contributed by atoms with Gasteiger partial charge in [0.2, 0.25) is 0 Å². The van der Waals surface area contributed by atoms with E-state index in [1.807, 2.05) is 0 Å². The van der Waals surface area contributed by atoms with Gasteiger partial charge in [0.25, 0.3) is 0 Å². The summed E-state index contributed by atoms with van der Waals surface area (Å²) in [7, 11) is 0. The zero-order chi connectivity index (χ0) is 8.27. The molecule has 0 saturated carbocycles. The molecule has 1 rings (SSSR count). The number of nitrogens with one attached hydrogen (secondary N) is 2. The smallest absolute Gasteiger partial charge is 0.322 e. The van der Waals surface area contributed by atoms with Gasteiger partial charge < -0.3 is 10.4 Å². The fourth-order valence-electron chi connectivity index (χ4n) is 0.832. The van der Waals surface area contributed by atoms with Crippen LogP contribution in [-0.2, 0) is 9.59 Å². The van der Waals surface area contributed by atoms with Crippen LogP contribution in [-0.4, -0.2) is 36.1 Å². The van der Waals surface area contributed by atoms with E-state index < -0.39 is 12.0 Å². The first-order valence-corrected chi connectivity index (χ1v) is 3.18. The average Bonchev–Trinajstić information content (AvgIpc) is 2.05. The van der Waals surface area contributed by atoms with E-state index in [0.29, 0.717) is 5.70 Å². The number of carboxylic acids is 1. The monoisotopic (exact) mass is 156 g/mol. The van der Waals surface area contributed by atoms with Crippen LogP contribution >= 0.6 is 0 Å². The summed E-state index contributed by atoms with van der Waals surface area (Å²) < 4.78 is 0. The molecule has 1 saturated heterocycles. The van der Waals surface area contributed by atoms with Crippen molar-refractivity contribution in [3.63, 3.8) is 0 Å². The van der Waals surface area contributed by atoms with Gasteiger partial charge in [0.1, 0.15) is 17.7 Å². The molecule has 0 aromatic rings. The van der Waals surface area contributed by atoms with Crippen molar-refractivity contribution >= 4 is 11.9 Å². The summed E-state index contributed by atoms with van der Waals surface area (Å²) in [5, 5.41) is 13.8. The standard InChI is InChI=1S/C6H8N2O3/c9-3-4-1-8-5(2-7-4)6(10)11/h5,7-8H,1-2H2,(H,10,11). The first-order valence-electron chi connectivity index (χ1n) is 3.18. The number of piperazine rings is 1. The number of rotatable bonds is 1. The second-order valence-electron chi connectivity index (χ2n) is 2.23. The van der Waals surface area contributed by atoms with Crippen LogP contribution < -0.4 is 10.6 Å². The minimum absolute atomic E-state index is 0.236. The molecule has 60 valence electrons. The minimum Gasteiger partial charge on any atom is -0.480 e. The quantitative estimate of drug-likeness (QED) is 0.396. The Morgan fingerprint density at radius 3 is 2.82 bits per heavy atom. The summed E-state index contributed by atoms with van der Waals surface area (Å²) in [4.78, 5) is 20.4. The summed E-state index contributed by atoms with van der Waals surface area (Å²) in [5.41, 5.74) is 0.377. The zero-order valence-corrected chi connectivity index (χ0v) is 5.76. The molecule has 0 amide bonds. The molecule has 0 bridgehead atoms. The van der Waals surface area contributed by atoms with Crippen molar-refractivity contribution in [2.24, 2.45) is 0 Å². The van der Waals surface area contributed by atoms with Gasteiger partial charge in [-0.15, -0.1) is 0 Å². The lowest BCUT2D eigenvalue weighted by molar-refractivity contribution is -0.139. The van der Waals surface area contributed by atoms with Crippen molar-refractivity contribution in [2.45, 2.75) is 6.04 Å². The van der Waals surface area contributed by atoms with Crippen LogP contribution in [0.2, 0.25) is 0 Å². The lowest BCUT2D eigenvalue weighted by atomic mass is 10.2. The van der Waals surface area contributed by atoms with Crippen LogP contribution in [0.3, 0.4) is 0 Å². The third-order valence-electron chi connectivity index (χ3n) is 1.47. The van der Waals surface area contributed by atoms with Crippen molar-refractivity contribution in [3.8, 4) is 0 Å². The van der Waals surface area contributed by atoms with E-state index >= 15 is 0 Å². The van der Waals surface area contributed by atoms with E-state index in [1.54, 1.807) is 5.94 Å². The van der Waals surface area contributed by atoms with Crippen molar-refractivity contribution in [1.29, 1.82) is 0 Å². The van der Waals surface area contributed by atoms with Crippen LogP contribution in [0, 0.1) is 0 Å². The van der Waals surface area contributed by atoms with Crippen molar-refractivity contribution in [1.82, 2.24) is 10.6 Å². The van der Waals surface area contributed by atoms with Crippen LogP contribution in [0.5, 0.6) is 0 Å². The van der Waals surface area contributed by atoms with Gasteiger partial charge in [-0.05, 0) is 0 Å². The highest BCUT2D eigenvalue weighted by Crippen LogP contribution is 1.92.